The van der Waals surface area contributed by atoms with Crippen molar-refractivity contribution in [2.45, 2.75) is 17.2 Å². The number of nitrogens with zero attached hydrogens (tertiary/aromatic N) is 2. The lowest BCUT2D eigenvalue weighted by atomic mass is 10.1. The Balaban J connectivity index is 1.59. The normalized spacial score (nSPS) is 17.1. The minimum absolute atomic E-state index is 0.0238. The minimum atomic E-state index is -0.269. The molecule has 0 saturated carbocycles. The predicted octanol–water partition coefficient (Wildman–Crippen LogP) is 2.79. The lowest BCUT2D eigenvalue weighted by Gasteiger charge is -2.12. The van der Waals surface area contributed by atoms with Crippen LogP contribution in [-0.2, 0) is 15.3 Å². The molecule has 0 aliphatic carbocycles. The molecule has 1 fully saturated rings. The summed E-state index contributed by atoms with van der Waals surface area (Å²) < 4.78 is 0. The molecule has 1 aliphatic heterocycles. The first-order valence-corrected chi connectivity index (χ1v) is 8.78. The molecule has 124 valence electrons. The molecule has 2 heterocycles. The molecule has 2 amide bonds. The molecule has 1 N–H and O–H groups in total. The van der Waals surface area contributed by atoms with Crippen LogP contribution in [0.3, 0.4) is 0 Å². The SMILES string of the molecule is CN1CC(C(=O)Nc2cccc(CSc3ccccn3)c2)CC1=O. The fourth-order valence-electron chi connectivity index (χ4n) is 2.61. The van der Waals surface area contributed by atoms with E-state index in [1.54, 1.807) is 29.9 Å². The van der Waals surface area contributed by atoms with Crippen LogP contribution >= 0.6 is 11.8 Å². The van der Waals surface area contributed by atoms with Crippen LogP contribution in [0.25, 0.3) is 0 Å². The second kappa shape index (κ2) is 7.49. The summed E-state index contributed by atoms with van der Waals surface area (Å²) in [5.41, 5.74) is 1.88. The minimum Gasteiger partial charge on any atom is -0.345 e. The number of likely N-dealkylation sites (tertiary alicyclic amines) is 1. The average molecular weight is 341 g/mol. The summed E-state index contributed by atoms with van der Waals surface area (Å²) in [5.74, 6) is 0.442. The zero-order valence-electron chi connectivity index (χ0n) is 13.4. The van der Waals surface area contributed by atoms with E-state index in [1.807, 2.05) is 42.5 Å². The Hall–Kier alpha value is -2.34. The van der Waals surface area contributed by atoms with E-state index in [4.69, 9.17) is 0 Å². The molecule has 24 heavy (non-hydrogen) atoms. The van der Waals surface area contributed by atoms with Crippen LogP contribution in [0.1, 0.15) is 12.0 Å². The molecule has 1 aromatic carbocycles. The summed E-state index contributed by atoms with van der Waals surface area (Å²) in [6.45, 7) is 0.486. The van der Waals surface area contributed by atoms with Gasteiger partial charge in [0, 0.05) is 37.7 Å². The van der Waals surface area contributed by atoms with Gasteiger partial charge in [0.25, 0.3) is 0 Å². The van der Waals surface area contributed by atoms with Crippen molar-refractivity contribution < 1.29 is 9.59 Å². The van der Waals surface area contributed by atoms with Gasteiger partial charge in [-0.05, 0) is 29.8 Å². The smallest absolute Gasteiger partial charge is 0.229 e. The number of aromatic nitrogens is 1. The summed E-state index contributed by atoms with van der Waals surface area (Å²) in [6, 6.07) is 13.6. The second-order valence-corrected chi connectivity index (χ2v) is 6.82. The van der Waals surface area contributed by atoms with Crippen LogP contribution in [0.5, 0.6) is 0 Å². The fourth-order valence-corrected chi connectivity index (χ4v) is 3.42. The number of hydrogen-bond donors (Lipinski definition) is 1. The van der Waals surface area contributed by atoms with Crippen molar-refractivity contribution in [2.24, 2.45) is 5.92 Å². The van der Waals surface area contributed by atoms with Crippen molar-refractivity contribution >= 4 is 29.3 Å². The quantitative estimate of drug-likeness (QED) is 0.850. The number of carbonyl (C=O) groups is 2. The number of hydrogen-bond acceptors (Lipinski definition) is 4. The molecule has 1 unspecified atom stereocenters. The summed E-state index contributed by atoms with van der Waals surface area (Å²) in [5, 5.41) is 3.89. The molecule has 1 aliphatic rings. The van der Waals surface area contributed by atoms with E-state index < -0.39 is 0 Å². The molecule has 6 heteroatoms. The third-order valence-electron chi connectivity index (χ3n) is 3.93. The van der Waals surface area contributed by atoms with Crippen molar-refractivity contribution in [3.8, 4) is 0 Å². The molecule has 0 spiro atoms. The number of nitrogens with one attached hydrogen (secondary N) is 1. The highest BCUT2D eigenvalue weighted by Gasteiger charge is 2.32. The van der Waals surface area contributed by atoms with Gasteiger partial charge in [-0.3, -0.25) is 9.59 Å². The van der Waals surface area contributed by atoms with Gasteiger partial charge in [-0.1, -0.05) is 18.2 Å². The molecule has 1 atom stereocenters. The Morgan fingerprint density at radius 2 is 2.21 bits per heavy atom. The first kappa shape index (κ1) is 16.5. The molecule has 3 rings (SSSR count). The lowest BCUT2D eigenvalue weighted by molar-refractivity contribution is -0.127. The van der Waals surface area contributed by atoms with Crippen LogP contribution in [0, 0.1) is 5.92 Å². The first-order chi connectivity index (χ1) is 11.6. The van der Waals surface area contributed by atoms with Crippen molar-refractivity contribution in [1.82, 2.24) is 9.88 Å². The largest absolute Gasteiger partial charge is 0.345 e. The maximum atomic E-state index is 12.3. The van der Waals surface area contributed by atoms with E-state index in [-0.39, 0.29) is 24.2 Å². The van der Waals surface area contributed by atoms with Crippen molar-refractivity contribution in [2.75, 3.05) is 18.9 Å². The summed E-state index contributed by atoms with van der Waals surface area (Å²) in [4.78, 5) is 29.7. The predicted molar refractivity (Wildman–Crippen MR) is 94.6 cm³/mol. The number of amides is 2. The van der Waals surface area contributed by atoms with E-state index >= 15 is 0 Å². The van der Waals surface area contributed by atoms with Crippen LogP contribution < -0.4 is 5.32 Å². The van der Waals surface area contributed by atoms with Gasteiger partial charge in [0.2, 0.25) is 11.8 Å². The van der Waals surface area contributed by atoms with E-state index in [0.29, 0.717) is 6.54 Å². The van der Waals surface area contributed by atoms with Crippen molar-refractivity contribution in [1.29, 1.82) is 0 Å². The third kappa shape index (κ3) is 4.14. The number of thioether (sulfide) groups is 1. The number of pyridine rings is 1. The van der Waals surface area contributed by atoms with Crippen LogP contribution in [0.15, 0.2) is 53.7 Å². The zero-order chi connectivity index (χ0) is 16.9. The number of benzene rings is 1. The van der Waals surface area contributed by atoms with Crippen molar-refractivity contribution in [3.05, 3.63) is 54.2 Å². The lowest BCUT2D eigenvalue weighted by Crippen LogP contribution is -2.25. The molecule has 0 bridgehead atoms. The van der Waals surface area contributed by atoms with Gasteiger partial charge in [-0.25, -0.2) is 4.98 Å². The zero-order valence-corrected chi connectivity index (χ0v) is 14.3. The molecule has 5 nitrogen and oxygen atoms in total. The van der Waals surface area contributed by atoms with Gasteiger partial charge in [-0.15, -0.1) is 11.8 Å². The van der Waals surface area contributed by atoms with Crippen LogP contribution in [0.2, 0.25) is 0 Å². The Morgan fingerprint density at radius 1 is 1.33 bits per heavy atom. The Morgan fingerprint density at radius 3 is 2.92 bits per heavy atom. The van der Waals surface area contributed by atoms with Gasteiger partial charge < -0.3 is 10.2 Å². The molecular formula is C18H19N3O2S. The van der Waals surface area contributed by atoms with Crippen LogP contribution in [0.4, 0.5) is 5.69 Å². The van der Waals surface area contributed by atoms with Gasteiger partial charge >= 0.3 is 0 Å². The van der Waals surface area contributed by atoms with Gasteiger partial charge in [0.15, 0.2) is 0 Å². The monoisotopic (exact) mass is 341 g/mol. The number of carbonyl (C=O) groups excluding carboxylic acids is 2. The Labute approximate surface area is 145 Å². The highest BCUT2D eigenvalue weighted by atomic mass is 32.2. The van der Waals surface area contributed by atoms with Gasteiger partial charge in [0.05, 0.1) is 10.9 Å². The van der Waals surface area contributed by atoms with Crippen molar-refractivity contribution in [3.63, 3.8) is 0 Å². The maximum absolute atomic E-state index is 12.3. The van der Waals surface area contributed by atoms with E-state index in [2.05, 4.69) is 10.3 Å². The van der Waals surface area contributed by atoms with E-state index in [9.17, 15) is 9.59 Å². The average Bonchev–Trinajstić information content (AvgIpc) is 2.94. The topological polar surface area (TPSA) is 62.3 Å². The third-order valence-corrected chi connectivity index (χ3v) is 4.95. The Bertz CT molecular complexity index is 736. The van der Waals surface area contributed by atoms with Gasteiger partial charge in [-0.2, -0.15) is 0 Å². The summed E-state index contributed by atoms with van der Waals surface area (Å²) in [7, 11) is 1.73. The standard InChI is InChI=1S/C18H19N3O2S/c1-21-11-14(10-17(21)22)18(23)20-15-6-4-5-13(9-15)12-24-16-7-2-3-8-19-16/h2-9,14H,10-12H2,1H3,(H,20,23). The fraction of sp³-hybridized carbons (Fsp3) is 0.278. The molecule has 0 radical (unpaired) electrons. The molecule has 2 aromatic rings. The number of rotatable bonds is 5. The summed E-state index contributed by atoms with van der Waals surface area (Å²) >= 11 is 1.65. The maximum Gasteiger partial charge on any atom is 0.229 e. The second-order valence-electron chi connectivity index (χ2n) is 5.82. The molecule has 1 aromatic heterocycles. The van der Waals surface area contributed by atoms with E-state index in [1.165, 1.54) is 0 Å². The first-order valence-electron chi connectivity index (χ1n) is 7.79. The highest BCUT2D eigenvalue weighted by Crippen LogP contribution is 2.23. The van der Waals surface area contributed by atoms with Gasteiger partial charge in [0.1, 0.15) is 0 Å². The van der Waals surface area contributed by atoms with Crippen LogP contribution in [-0.4, -0.2) is 35.3 Å². The Kier molecular flexibility index (Phi) is 5.15. The number of anilines is 1. The molecule has 1 saturated heterocycles. The molecular weight excluding hydrogens is 322 g/mol. The summed E-state index contributed by atoms with van der Waals surface area (Å²) in [6.07, 6.45) is 2.07. The van der Waals surface area contributed by atoms with E-state index in [0.717, 1.165) is 22.0 Å². The highest BCUT2D eigenvalue weighted by molar-refractivity contribution is 7.98.